The normalized spacial score (nSPS) is 48.3. The number of aliphatic hydroxyl groups is 1. The van der Waals surface area contributed by atoms with Gasteiger partial charge in [0.15, 0.2) is 5.78 Å². The lowest BCUT2D eigenvalue weighted by atomic mass is 9.47. The summed E-state index contributed by atoms with van der Waals surface area (Å²) in [6.45, 7) is 7.47. The predicted octanol–water partition coefficient (Wildman–Crippen LogP) is 4.54. The van der Waals surface area contributed by atoms with E-state index in [9.17, 15) is 9.90 Å². The maximum Gasteiger partial charge on any atom is 0.178 e. The van der Waals surface area contributed by atoms with Crippen LogP contribution in [-0.4, -0.2) is 17.5 Å². The van der Waals surface area contributed by atoms with Crippen LogP contribution in [0.15, 0.2) is 23.8 Å². The summed E-state index contributed by atoms with van der Waals surface area (Å²) in [5.41, 5.74) is 1.91. The van der Waals surface area contributed by atoms with Crippen LogP contribution in [0.2, 0.25) is 0 Å². The summed E-state index contributed by atoms with van der Waals surface area (Å²) in [6.07, 6.45) is 13.5. The van der Waals surface area contributed by atoms with Gasteiger partial charge in [-0.1, -0.05) is 32.4 Å². The summed E-state index contributed by atoms with van der Waals surface area (Å²) in [5.74, 6) is 3.58. The van der Waals surface area contributed by atoms with E-state index in [0.717, 1.165) is 18.3 Å². The van der Waals surface area contributed by atoms with E-state index in [1.54, 1.807) is 0 Å². The molecule has 0 radical (unpaired) electrons. The van der Waals surface area contributed by atoms with Crippen LogP contribution in [0.25, 0.3) is 0 Å². The van der Waals surface area contributed by atoms with Crippen LogP contribution in [-0.2, 0) is 4.79 Å². The standard InChI is InChI=1S/C22H32O2/c1-14(13-23)18-6-7-19-17-5-4-15-12-16(24)8-10-21(15,2)20(17)9-11-22(18,19)3/h8,10,12,14,17-20,23H,4-7,9,11,13H2,1-3H3/t14-,17-,18-,19-,20-,21-,22+/m0/s1. The van der Waals surface area contributed by atoms with E-state index in [1.165, 1.54) is 37.7 Å². The van der Waals surface area contributed by atoms with Gasteiger partial charge in [0, 0.05) is 12.0 Å². The van der Waals surface area contributed by atoms with Gasteiger partial charge in [0.2, 0.25) is 0 Å². The minimum Gasteiger partial charge on any atom is -0.396 e. The van der Waals surface area contributed by atoms with E-state index in [1.807, 2.05) is 12.2 Å². The minimum atomic E-state index is 0.110. The molecule has 4 aliphatic rings. The first kappa shape index (κ1) is 16.6. The summed E-state index contributed by atoms with van der Waals surface area (Å²) in [4.78, 5) is 11.8. The zero-order chi connectivity index (χ0) is 17.1. The van der Waals surface area contributed by atoms with Gasteiger partial charge in [-0.3, -0.25) is 4.79 Å². The Morgan fingerprint density at radius 2 is 2.00 bits per heavy atom. The maximum absolute atomic E-state index is 11.8. The molecule has 0 amide bonds. The second-order valence-electron chi connectivity index (χ2n) is 9.49. The molecule has 0 spiro atoms. The molecule has 0 aliphatic heterocycles. The number of rotatable bonds is 2. The third-order valence-electron chi connectivity index (χ3n) is 8.60. The maximum atomic E-state index is 11.8. The second-order valence-corrected chi connectivity index (χ2v) is 9.49. The Labute approximate surface area is 146 Å². The average molecular weight is 328 g/mol. The molecule has 3 saturated carbocycles. The lowest BCUT2D eigenvalue weighted by Gasteiger charge is -2.57. The molecule has 0 unspecified atom stereocenters. The zero-order valence-electron chi connectivity index (χ0n) is 15.4. The van der Waals surface area contributed by atoms with E-state index in [0.29, 0.717) is 29.8 Å². The van der Waals surface area contributed by atoms with Gasteiger partial charge in [-0.2, -0.15) is 0 Å². The van der Waals surface area contributed by atoms with Crippen molar-refractivity contribution in [1.82, 2.24) is 0 Å². The number of carbonyl (C=O) groups excluding carboxylic acids is 1. The highest BCUT2D eigenvalue weighted by Crippen LogP contribution is 2.66. The molecule has 0 bridgehead atoms. The fourth-order valence-corrected chi connectivity index (χ4v) is 7.30. The zero-order valence-corrected chi connectivity index (χ0v) is 15.4. The molecule has 0 aromatic carbocycles. The Morgan fingerprint density at radius 3 is 2.75 bits per heavy atom. The highest BCUT2D eigenvalue weighted by atomic mass is 16.3. The highest BCUT2D eigenvalue weighted by molar-refractivity contribution is 6.01. The van der Waals surface area contributed by atoms with Crippen LogP contribution in [0.5, 0.6) is 0 Å². The number of hydrogen-bond acceptors (Lipinski definition) is 2. The molecule has 0 aromatic heterocycles. The van der Waals surface area contributed by atoms with E-state index in [-0.39, 0.29) is 11.2 Å². The van der Waals surface area contributed by atoms with Crippen molar-refractivity contribution in [2.75, 3.05) is 6.61 Å². The van der Waals surface area contributed by atoms with Gasteiger partial charge in [-0.15, -0.1) is 0 Å². The molecular weight excluding hydrogens is 296 g/mol. The topological polar surface area (TPSA) is 37.3 Å². The van der Waals surface area contributed by atoms with Crippen molar-refractivity contribution in [2.45, 2.75) is 59.3 Å². The molecule has 132 valence electrons. The van der Waals surface area contributed by atoms with Crippen LogP contribution in [0, 0.1) is 40.4 Å². The Morgan fingerprint density at radius 1 is 1.21 bits per heavy atom. The van der Waals surface area contributed by atoms with Crippen LogP contribution >= 0.6 is 0 Å². The summed E-state index contributed by atoms with van der Waals surface area (Å²) in [6, 6.07) is 0. The van der Waals surface area contributed by atoms with Gasteiger partial charge in [-0.05, 0) is 85.7 Å². The predicted molar refractivity (Wildman–Crippen MR) is 96.4 cm³/mol. The Kier molecular flexibility index (Phi) is 3.84. The molecule has 2 nitrogen and oxygen atoms in total. The van der Waals surface area contributed by atoms with Crippen LogP contribution in [0.3, 0.4) is 0 Å². The average Bonchev–Trinajstić information content (AvgIpc) is 2.92. The molecule has 4 aliphatic carbocycles. The first-order valence-corrected chi connectivity index (χ1v) is 9.95. The van der Waals surface area contributed by atoms with Crippen molar-refractivity contribution < 1.29 is 9.90 Å². The van der Waals surface area contributed by atoms with E-state index in [4.69, 9.17) is 0 Å². The first-order chi connectivity index (χ1) is 11.4. The fourth-order valence-electron chi connectivity index (χ4n) is 7.30. The summed E-state index contributed by atoms with van der Waals surface area (Å²) in [7, 11) is 0. The number of fused-ring (bicyclic) bond motifs is 5. The highest BCUT2D eigenvalue weighted by Gasteiger charge is 2.58. The van der Waals surface area contributed by atoms with Gasteiger partial charge in [-0.25, -0.2) is 0 Å². The Hall–Kier alpha value is -0.890. The second kappa shape index (κ2) is 5.56. The van der Waals surface area contributed by atoms with Crippen LogP contribution in [0.1, 0.15) is 59.3 Å². The lowest BCUT2D eigenvalue weighted by Crippen LogP contribution is -2.50. The van der Waals surface area contributed by atoms with Crippen molar-refractivity contribution >= 4 is 5.78 Å². The lowest BCUT2D eigenvalue weighted by molar-refractivity contribution is -0.111. The molecule has 3 fully saturated rings. The monoisotopic (exact) mass is 328 g/mol. The molecule has 4 rings (SSSR count). The van der Waals surface area contributed by atoms with E-state index in [2.05, 4.69) is 26.8 Å². The van der Waals surface area contributed by atoms with Crippen molar-refractivity contribution in [3.05, 3.63) is 23.8 Å². The van der Waals surface area contributed by atoms with Crippen molar-refractivity contribution in [3.8, 4) is 0 Å². The minimum absolute atomic E-state index is 0.110. The molecule has 0 heterocycles. The molecule has 0 aromatic rings. The van der Waals surface area contributed by atoms with Crippen molar-refractivity contribution in [3.63, 3.8) is 0 Å². The summed E-state index contributed by atoms with van der Waals surface area (Å²) >= 11 is 0. The van der Waals surface area contributed by atoms with E-state index >= 15 is 0 Å². The number of allylic oxidation sites excluding steroid dienone is 4. The van der Waals surface area contributed by atoms with Crippen LogP contribution < -0.4 is 0 Å². The summed E-state index contributed by atoms with van der Waals surface area (Å²) in [5, 5.41) is 9.70. The molecule has 0 saturated heterocycles. The molecule has 2 heteroatoms. The number of hydrogen-bond donors (Lipinski definition) is 1. The van der Waals surface area contributed by atoms with Gasteiger partial charge in [0.05, 0.1) is 0 Å². The summed E-state index contributed by atoms with van der Waals surface area (Å²) < 4.78 is 0. The molecule has 7 atom stereocenters. The molecule has 24 heavy (non-hydrogen) atoms. The fraction of sp³-hybridized carbons (Fsp3) is 0.773. The Balaban J connectivity index is 1.65. The number of carbonyl (C=O) groups is 1. The molecule has 1 N–H and O–H groups in total. The smallest absolute Gasteiger partial charge is 0.178 e. The first-order valence-electron chi connectivity index (χ1n) is 9.95. The van der Waals surface area contributed by atoms with Gasteiger partial charge >= 0.3 is 0 Å². The van der Waals surface area contributed by atoms with Crippen molar-refractivity contribution in [2.24, 2.45) is 40.4 Å². The SMILES string of the molecule is C[C@@H](CO)[C@@H]1CC[C@H]2[C@@H]3CCC4=CC(=O)C=C[C@]4(C)[C@H]3CC[C@@]21C. The van der Waals surface area contributed by atoms with Gasteiger partial charge < -0.3 is 5.11 Å². The van der Waals surface area contributed by atoms with Crippen molar-refractivity contribution in [1.29, 1.82) is 0 Å². The third kappa shape index (κ3) is 2.14. The van der Waals surface area contributed by atoms with E-state index < -0.39 is 0 Å². The third-order valence-corrected chi connectivity index (χ3v) is 8.60. The largest absolute Gasteiger partial charge is 0.396 e. The molecular formula is C22H32O2. The van der Waals surface area contributed by atoms with Gasteiger partial charge in [0.1, 0.15) is 0 Å². The number of ketones is 1. The quantitative estimate of drug-likeness (QED) is 0.808. The number of aliphatic hydroxyl groups excluding tert-OH is 1. The Bertz CT molecular complexity index is 603. The van der Waals surface area contributed by atoms with Gasteiger partial charge in [0.25, 0.3) is 0 Å². The van der Waals surface area contributed by atoms with Crippen LogP contribution in [0.4, 0.5) is 0 Å².